The predicted molar refractivity (Wildman–Crippen MR) is 62.8 cm³/mol. The Morgan fingerprint density at radius 3 is 2.40 bits per heavy atom. The average Bonchev–Trinajstić information content (AvgIpc) is 2.46. The van der Waals surface area contributed by atoms with Crippen molar-refractivity contribution in [3.8, 4) is 5.69 Å². The standard InChI is InChI=1S/C12H13ClN2/c1-8-6-11(13)4-5-12(8)15-7-9(2)10(3)14-15/h4-7H,1-3H3. The number of aromatic nitrogens is 2. The third-order valence-electron chi connectivity index (χ3n) is 2.55. The van der Waals surface area contributed by atoms with Gasteiger partial charge < -0.3 is 0 Å². The van der Waals surface area contributed by atoms with Gasteiger partial charge in [-0.15, -0.1) is 0 Å². The molecular weight excluding hydrogens is 208 g/mol. The van der Waals surface area contributed by atoms with E-state index in [9.17, 15) is 0 Å². The minimum absolute atomic E-state index is 0.761. The first-order chi connectivity index (χ1) is 7.08. The molecule has 78 valence electrons. The highest BCUT2D eigenvalue weighted by Gasteiger charge is 2.05. The van der Waals surface area contributed by atoms with Crippen molar-refractivity contribution in [2.75, 3.05) is 0 Å². The molecule has 15 heavy (non-hydrogen) atoms. The van der Waals surface area contributed by atoms with E-state index < -0.39 is 0 Å². The van der Waals surface area contributed by atoms with E-state index in [0.29, 0.717) is 0 Å². The Hall–Kier alpha value is -1.28. The average molecular weight is 221 g/mol. The van der Waals surface area contributed by atoms with Crippen LogP contribution < -0.4 is 0 Å². The van der Waals surface area contributed by atoms with Crippen LogP contribution in [-0.2, 0) is 0 Å². The van der Waals surface area contributed by atoms with Crippen LogP contribution in [0.1, 0.15) is 16.8 Å². The minimum atomic E-state index is 0.761. The molecule has 0 N–H and O–H groups in total. The van der Waals surface area contributed by atoms with Gasteiger partial charge in [-0.25, -0.2) is 4.68 Å². The molecule has 0 bridgehead atoms. The zero-order valence-electron chi connectivity index (χ0n) is 9.08. The number of rotatable bonds is 1. The molecule has 2 rings (SSSR count). The second-order valence-corrected chi connectivity index (χ2v) is 4.21. The number of hydrogen-bond acceptors (Lipinski definition) is 1. The van der Waals surface area contributed by atoms with Crippen molar-refractivity contribution in [1.82, 2.24) is 9.78 Å². The van der Waals surface area contributed by atoms with Crippen molar-refractivity contribution in [1.29, 1.82) is 0 Å². The van der Waals surface area contributed by atoms with E-state index in [1.54, 1.807) is 0 Å². The largest absolute Gasteiger partial charge is 0.240 e. The van der Waals surface area contributed by atoms with Gasteiger partial charge in [0.1, 0.15) is 0 Å². The van der Waals surface area contributed by atoms with Gasteiger partial charge in [0.05, 0.1) is 11.4 Å². The molecule has 3 heteroatoms. The van der Waals surface area contributed by atoms with Gasteiger partial charge in [0.2, 0.25) is 0 Å². The Morgan fingerprint density at radius 2 is 1.87 bits per heavy atom. The molecule has 0 unspecified atom stereocenters. The molecule has 1 aromatic carbocycles. The summed E-state index contributed by atoms with van der Waals surface area (Å²) < 4.78 is 1.90. The lowest BCUT2D eigenvalue weighted by Crippen LogP contribution is -1.97. The van der Waals surface area contributed by atoms with Gasteiger partial charge in [-0.1, -0.05) is 11.6 Å². The van der Waals surface area contributed by atoms with E-state index in [0.717, 1.165) is 22.0 Å². The van der Waals surface area contributed by atoms with E-state index in [1.165, 1.54) is 5.56 Å². The molecule has 0 saturated heterocycles. The van der Waals surface area contributed by atoms with Gasteiger partial charge in [-0.05, 0) is 50.1 Å². The van der Waals surface area contributed by atoms with E-state index in [-0.39, 0.29) is 0 Å². The van der Waals surface area contributed by atoms with Crippen LogP contribution in [0.15, 0.2) is 24.4 Å². The molecule has 0 spiro atoms. The third-order valence-corrected chi connectivity index (χ3v) is 2.79. The van der Waals surface area contributed by atoms with Crippen molar-refractivity contribution in [2.45, 2.75) is 20.8 Å². The van der Waals surface area contributed by atoms with Crippen LogP contribution in [-0.4, -0.2) is 9.78 Å². The summed E-state index contributed by atoms with van der Waals surface area (Å²) in [6.45, 7) is 6.11. The summed E-state index contributed by atoms with van der Waals surface area (Å²) in [5.74, 6) is 0. The van der Waals surface area contributed by atoms with Crippen molar-refractivity contribution in [3.05, 3.63) is 46.2 Å². The fourth-order valence-corrected chi connectivity index (χ4v) is 1.77. The SMILES string of the molecule is Cc1cc(Cl)ccc1-n1cc(C)c(C)n1. The lowest BCUT2D eigenvalue weighted by atomic mass is 10.2. The van der Waals surface area contributed by atoms with E-state index in [4.69, 9.17) is 11.6 Å². The zero-order chi connectivity index (χ0) is 11.0. The molecule has 0 radical (unpaired) electrons. The highest BCUT2D eigenvalue weighted by molar-refractivity contribution is 6.30. The summed E-state index contributed by atoms with van der Waals surface area (Å²) >= 11 is 5.91. The molecule has 0 fully saturated rings. The lowest BCUT2D eigenvalue weighted by molar-refractivity contribution is 0.856. The van der Waals surface area contributed by atoms with E-state index >= 15 is 0 Å². The Kier molecular flexibility index (Phi) is 2.53. The predicted octanol–water partition coefficient (Wildman–Crippen LogP) is 3.45. The summed E-state index contributed by atoms with van der Waals surface area (Å²) in [5.41, 5.74) is 4.47. The molecule has 0 atom stereocenters. The summed E-state index contributed by atoms with van der Waals surface area (Å²) in [7, 11) is 0. The van der Waals surface area contributed by atoms with Crippen molar-refractivity contribution >= 4 is 11.6 Å². The fraction of sp³-hybridized carbons (Fsp3) is 0.250. The zero-order valence-corrected chi connectivity index (χ0v) is 9.84. The first kappa shape index (κ1) is 10.2. The molecule has 2 aromatic rings. The Morgan fingerprint density at radius 1 is 1.13 bits per heavy atom. The molecule has 0 amide bonds. The maximum absolute atomic E-state index is 5.91. The molecule has 2 nitrogen and oxygen atoms in total. The summed E-state index contributed by atoms with van der Waals surface area (Å²) in [6.07, 6.45) is 2.03. The van der Waals surface area contributed by atoms with Gasteiger partial charge >= 0.3 is 0 Å². The fourth-order valence-electron chi connectivity index (χ4n) is 1.55. The second kappa shape index (κ2) is 3.70. The number of benzene rings is 1. The number of halogens is 1. The molecule has 1 aromatic heterocycles. The van der Waals surface area contributed by atoms with Gasteiger partial charge in [0.25, 0.3) is 0 Å². The topological polar surface area (TPSA) is 17.8 Å². The molecule has 0 saturated carbocycles. The van der Waals surface area contributed by atoms with Crippen molar-refractivity contribution < 1.29 is 0 Å². The number of aryl methyl sites for hydroxylation is 3. The normalized spacial score (nSPS) is 10.7. The smallest absolute Gasteiger partial charge is 0.0675 e. The molecule has 1 heterocycles. The van der Waals surface area contributed by atoms with Gasteiger partial charge in [0, 0.05) is 11.2 Å². The third kappa shape index (κ3) is 1.90. The van der Waals surface area contributed by atoms with Gasteiger partial charge in [-0.2, -0.15) is 5.10 Å². The quantitative estimate of drug-likeness (QED) is 0.720. The van der Waals surface area contributed by atoms with Crippen LogP contribution >= 0.6 is 11.6 Å². The first-order valence-electron chi connectivity index (χ1n) is 4.87. The van der Waals surface area contributed by atoms with E-state index in [1.807, 2.05) is 42.9 Å². The molecule has 0 aliphatic rings. The Labute approximate surface area is 94.5 Å². The van der Waals surface area contributed by atoms with Crippen LogP contribution in [0, 0.1) is 20.8 Å². The van der Waals surface area contributed by atoms with Crippen LogP contribution in [0.5, 0.6) is 0 Å². The molecule has 0 aliphatic carbocycles. The van der Waals surface area contributed by atoms with Crippen molar-refractivity contribution in [2.24, 2.45) is 0 Å². The van der Waals surface area contributed by atoms with Crippen LogP contribution in [0.2, 0.25) is 5.02 Å². The van der Waals surface area contributed by atoms with Crippen molar-refractivity contribution in [3.63, 3.8) is 0 Å². The molecule has 0 aliphatic heterocycles. The van der Waals surface area contributed by atoms with Crippen LogP contribution in [0.4, 0.5) is 0 Å². The summed E-state index contributed by atoms with van der Waals surface area (Å²) in [4.78, 5) is 0. The maximum Gasteiger partial charge on any atom is 0.0675 e. The lowest BCUT2D eigenvalue weighted by Gasteiger charge is -2.05. The number of hydrogen-bond donors (Lipinski definition) is 0. The summed E-state index contributed by atoms with van der Waals surface area (Å²) in [6, 6.07) is 5.82. The summed E-state index contributed by atoms with van der Waals surface area (Å²) in [5, 5.41) is 5.21. The van der Waals surface area contributed by atoms with Crippen LogP contribution in [0.3, 0.4) is 0 Å². The van der Waals surface area contributed by atoms with Gasteiger partial charge in [-0.3, -0.25) is 0 Å². The Bertz CT molecular complexity index is 481. The molecular formula is C12H13ClN2. The second-order valence-electron chi connectivity index (χ2n) is 3.77. The highest BCUT2D eigenvalue weighted by Crippen LogP contribution is 2.19. The van der Waals surface area contributed by atoms with Gasteiger partial charge in [0.15, 0.2) is 0 Å². The van der Waals surface area contributed by atoms with E-state index in [2.05, 4.69) is 12.0 Å². The maximum atomic E-state index is 5.91. The Balaban J connectivity index is 2.54. The van der Waals surface area contributed by atoms with Crippen LogP contribution in [0.25, 0.3) is 5.69 Å². The highest BCUT2D eigenvalue weighted by atomic mass is 35.5. The number of nitrogens with zero attached hydrogens (tertiary/aromatic N) is 2. The minimum Gasteiger partial charge on any atom is -0.240 e. The monoisotopic (exact) mass is 220 g/mol. The first-order valence-corrected chi connectivity index (χ1v) is 5.25.